The number of nitrogens with one attached hydrogen (secondary N) is 2. The molecule has 0 saturated heterocycles. The predicted molar refractivity (Wildman–Crippen MR) is 223 cm³/mol. The van der Waals surface area contributed by atoms with E-state index in [9.17, 15) is 14.7 Å². The van der Waals surface area contributed by atoms with Crippen molar-refractivity contribution in [2.75, 3.05) is 0 Å². The number of ether oxygens (including phenoxy) is 1. The number of benzene rings is 2. The predicted octanol–water partition coefficient (Wildman–Crippen LogP) is 11.0. The summed E-state index contributed by atoms with van der Waals surface area (Å²) in [7, 11) is 0. The zero-order valence-corrected chi connectivity index (χ0v) is 33.5. The molecule has 0 radical (unpaired) electrons. The van der Waals surface area contributed by atoms with Crippen molar-refractivity contribution in [3.63, 3.8) is 0 Å². The highest BCUT2D eigenvalue weighted by Gasteiger charge is 2.37. The first kappa shape index (κ1) is 37.7. The molecule has 0 amide bonds. The number of aromatic hydroxyl groups is 1. The number of hydrogen-bond acceptors (Lipinski definition) is 6. The van der Waals surface area contributed by atoms with Crippen molar-refractivity contribution in [3.8, 4) is 28.1 Å². The van der Waals surface area contributed by atoms with Gasteiger partial charge in [-0.25, -0.2) is 4.98 Å². The number of esters is 2. The van der Waals surface area contributed by atoms with E-state index in [0.29, 0.717) is 43.3 Å². The van der Waals surface area contributed by atoms with Gasteiger partial charge in [-0.05, 0) is 118 Å². The second kappa shape index (κ2) is 15.7. The Morgan fingerprint density at radius 1 is 0.661 bits per heavy atom. The molecule has 8 heteroatoms. The van der Waals surface area contributed by atoms with E-state index in [1.54, 1.807) is 0 Å². The lowest BCUT2D eigenvalue weighted by molar-refractivity contribution is -0.162. The number of nitrogens with zero attached hydrogens (tertiary/aromatic N) is 2. The third-order valence-electron chi connectivity index (χ3n) is 12.2. The minimum absolute atomic E-state index is 0.207. The van der Waals surface area contributed by atoms with Crippen LogP contribution in [0.4, 0.5) is 0 Å². The van der Waals surface area contributed by atoms with E-state index >= 15 is 0 Å². The van der Waals surface area contributed by atoms with Crippen LogP contribution < -0.4 is 0 Å². The summed E-state index contributed by atoms with van der Waals surface area (Å²) in [6.07, 6.45) is 11.0. The molecular weight excluding hydrogens is 697 g/mol. The van der Waals surface area contributed by atoms with Crippen LogP contribution in [0.2, 0.25) is 0 Å². The van der Waals surface area contributed by atoms with Crippen molar-refractivity contribution < 1.29 is 19.4 Å². The van der Waals surface area contributed by atoms with Gasteiger partial charge in [-0.15, -0.1) is 0 Å². The van der Waals surface area contributed by atoms with Crippen LogP contribution in [0.3, 0.4) is 0 Å². The van der Waals surface area contributed by atoms with E-state index in [1.807, 2.05) is 26.0 Å². The van der Waals surface area contributed by atoms with E-state index in [0.717, 1.165) is 118 Å². The fraction of sp³-hybridized carbons (Fsp3) is 0.417. The van der Waals surface area contributed by atoms with Crippen molar-refractivity contribution in [3.05, 3.63) is 99.0 Å². The van der Waals surface area contributed by atoms with Gasteiger partial charge in [0.1, 0.15) is 11.3 Å². The molecule has 2 aliphatic carbocycles. The molecule has 56 heavy (non-hydrogen) atoms. The van der Waals surface area contributed by atoms with Gasteiger partial charge in [-0.3, -0.25) is 9.59 Å². The normalized spacial score (nSPS) is 15.1. The number of carbonyl (C=O) groups is 2. The fourth-order valence-corrected chi connectivity index (χ4v) is 9.52. The minimum Gasteiger partial charge on any atom is -0.493 e. The Bertz CT molecular complexity index is 2440. The van der Waals surface area contributed by atoms with Gasteiger partial charge in [0, 0.05) is 39.0 Å². The molecule has 0 bridgehead atoms. The number of pyridine rings is 2. The summed E-state index contributed by atoms with van der Waals surface area (Å²) in [6, 6.07) is 16.7. The average Bonchev–Trinajstić information content (AvgIpc) is 3.76. The van der Waals surface area contributed by atoms with Crippen molar-refractivity contribution in [2.24, 2.45) is 0 Å². The van der Waals surface area contributed by atoms with Gasteiger partial charge >= 0.3 is 11.9 Å². The van der Waals surface area contributed by atoms with Gasteiger partial charge in [0.05, 0.1) is 11.8 Å². The molecule has 8 nitrogen and oxygen atoms in total. The molecule has 2 aliphatic rings. The minimum atomic E-state index is -0.909. The maximum Gasteiger partial charge on any atom is 0.321 e. The number of rotatable bonds is 11. The number of carbonyl (C=O) groups excluding carboxylic acids is 2. The second-order valence-corrected chi connectivity index (χ2v) is 16.1. The zero-order chi connectivity index (χ0) is 39.1. The summed E-state index contributed by atoms with van der Waals surface area (Å²) in [5.74, 6) is -3.06. The molecule has 4 aromatic heterocycles. The Kier molecular flexibility index (Phi) is 10.6. The van der Waals surface area contributed by atoms with Gasteiger partial charge in [0.25, 0.3) is 0 Å². The standard InChI is InChI=1S/C48H54N4O4/c1-6-13-33(40-35(8-3)49-44-41(31-15-9-11-17-36(31)50-44)38(40)29-23-19-27(4)20-24-29)47(54)56-48(55)34(14-7-2)43-39(30-25-21-28(5)22-26-30)42-32-16-10-12-18-37(32)51-45(42)52-46(43)53/h19-26,33-34H,6-18H2,1-5H3,(H,49,50)(H2,51,52,53). The van der Waals surface area contributed by atoms with Crippen LogP contribution in [0.1, 0.15) is 134 Å². The second-order valence-electron chi connectivity index (χ2n) is 16.1. The lowest BCUT2D eigenvalue weighted by Gasteiger charge is -2.25. The molecule has 2 aromatic carbocycles. The summed E-state index contributed by atoms with van der Waals surface area (Å²) in [6.45, 7) is 10.3. The Morgan fingerprint density at radius 3 is 1.59 bits per heavy atom. The van der Waals surface area contributed by atoms with E-state index < -0.39 is 23.8 Å². The van der Waals surface area contributed by atoms with Crippen LogP contribution in [0.5, 0.6) is 5.88 Å². The molecule has 2 unspecified atom stereocenters. The topological polar surface area (TPSA) is 121 Å². The van der Waals surface area contributed by atoms with Crippen molar-refractivity contribution in [1.82, 2.24) is 19.9 Å². The van der Waals surface area contributed by atoms with Crippen molar-refractivity contribution in [2.45, 2.75) is 130 Å². The smallest absolute Gasteiger partial charge is 0.321 e. The van der Waals surface area contributed by atoms with Crippen LogP contribution in [-0.2, 0) is 46.4 Å². The maximum atomic E-state index is 14.8. The van der Waals surface area contributed by atoms with E-state index in [2.05, 4.69) is 67.1 Å². The van der Waals surface area contributed by atoms with Crippen molar-refractivity contribution in [1.29, 1.82) is 0 Å². The largest absolute Gasteiger partial charge is 0.493 e. The van der Waals surface area contributed by atoms with Gasteiger partial charge in [-0.2, -0.15) is 4.98 Å². The molecule has 0 fully saturated rings. The third kappa shape index (κ3) is 6.71. The van der Waals surface area contributed by atoms with Crippen LogP contribution in [0, 0.1) is 13.8 Å². The molecule has 0 spiro atoms. The van der Waals surface area contributed by atoms with Crippen LogP contribution >= 0.6 is 0 Å². The van der Waals surface area contributed by atoms with Gasteiger partial charge in [0.15, 0.2) is 0 Å². The van der Waals surface area contributed by atoms with E-state index in [-0.39, 0.29) is 5.88 Å². The Hall–Kier alpha value is -5.24. The van der Waals surface area contributed by atoms with Crippen LogP contribution in [-0.4, -0.2) is 37.0 Å². The lowest BCUT2D eigenvalue weighted by atomic mass is 9.82. The quantitative estimate of drug-likeness (QED) is 0.0895. The first-order chi connectivity index (χ1) is 27.2. The average molecular weight is 751 g/mol. The van der Waals surface area contributed by atoms with E-state index in [1.165, 1.54) is 16.8 Å². The molecule has 0 saturated carbocycles. The summed E-state index contributed by atoms with van der Waals surface area (Å²) in [5, 5.41) is 13.8. The lowest BCUT2D eigenvalue weighted by Crippen LogP contribution is -2.26. The first-order valence-corrected chi connectivity index (χ1v) is 20.9. The monoisotopic (exact) mass is 750 g/mol. The summed E-state index contributed by atoms with van der Waals surface area (Å²) in [4.78, 5) is 46.6. The number of H-pyrrole nitrogens is 2. The molecule has 6 aromatic rings. The number of aromatic nitrogens is 4. The molecular formula is C48H54N4O4. The van der Waals surface area contributed by atoms with Crippen LogP contribution in [0.15, 0.2) is 48.5 Å². The fourth-order valence-electron chi connectivity index (χ4n) is 9.52. The van der Waals surface area contributed by atoms with Crippen LogP contribution in [0.25, 0.3) is 44.3 Å². The summed E-state index contributed by atoms with van der Waals surface area (Å²) >= 11 is 0. The number of hydrogen-bond donors (Lipinski definition) is 3. The number of aryl methyl sites for hydroxylation is 7. The SMILES string of the molecule is CCCC(C(=O)OC(=O)C(CCC)c1c(CC)nc2[nH]c3c(c2c1-c1ccc(C)cc1)CCCC3)c1c(O)nc2[nH]c3c(c2c1-c1ccc(C)cc1)CCCC3. The number of fused-ring (bicyclic) bond motifs is 6. The molecule has 4 heterocycles. The molecule has 0 aliphatic heterocycles. The molecule has 290 valence electrons. The van der Waals surface area contributed by atoms with Crippen molar-refractivity contribution >= 4 is 34.0 Å². The van der Waals surface area contributed by atoms with E-state index in [4.69, 9.17) is 14.7 Å². The Balaban J connectivity index is 1.26. The Labute approximate surface area is 329 Å². The molecule has 2 atom stereocenters. The van der Waals surface area contributed by atoms with Gasteiger partial charge < -0.3 is 19.8 Å². The van der Waals surface area contributed by atoms with Gasteiger partial charge in [-0.1, -0.05) is 93.3 Å². The third-order valence-corrected chi connectivity index (χ3v) is 12.2. The zero-order valence-electron chi connectivity index (χ0n) is 33.5. The highest BCUT2D eigenvalue weighted by Crippen LogP contribution is 2.47. The summed E-state index contributed by atoms with van der Waals surface area (Å²) in [5.41, 5.74) is 14.5. The molecule has 3 N–H and O–H groups in total. The van der Waals surface area contributed by atoms with Gasteiger partial charge in [0.2, 0.25) is 5.88 Å². The Morgan fingerprint density at radius 2 is 1.11 bits per heavy atom. The maximum absolute atomic E-state index is 14.8. The highest BCUT2D eigenvalue weighted by molar-refractivity contribution is 6.04. The number of aromatic amines is 2. The summed E-state index contributed by atoms with van der Waals surface area (Å²) < 4.78 is 6.12. The molecule has 8 rings (SSSR count). The highest BCUT2D eigenvalue weighted by atomic mass is 16.6. The first-order valence-electron chi connectivity index (χ1n) is 20.9.